The molecule has 6 nitrogen and oxygen atoms in total. The molecule has 0 saturated carbocycles. The molecule has 16 heavy (non-hydrogen) atoms. The fourth-order valence-electron chi connectivity index (χ4n) is 1.73. The first-order chi connectivity index (χ1) is 7.75. The van der Waals surface area contributed by atoms with Gasteiger partial charge in [0.2, 0.25) is 5.82 Å². The number of amides is 1. The first kappa shape index (κ1) is 11.1. The zero-order valence-corrected chi connectivity index (χ0v) is 9.32. The normalized spacial score (nSPS) is 20.7. The van der Waals surface area contributed by atoms with E-state index < -0.39 is 0 Å². The number of rotatable bonds is 3. The van der Waals surface area contributed by atoms with E-state index in [1.165, 1.54) is 0 Å². The number of carbonyl (C=O) groups is 1. The molecular formula is C10H16N4O2. The molecule has 0 radical (unpaired) electrons. The van der Waals surface area contributed by atoms with Crippen LogP contribution in [0.3, 0.4) is 0 Å². The smallest absolute Gasteiger partial charge is 0.290 e. The Morgan fingerprint density at radius 1 is 1.69 bits per heavy atom. The first-order valence-corrected chi connectivity index (χ1v) is 5.50. The van der Waals surface area contributed by atoms with Crippen molar-refractivity contribution < 1.29 is 9.53 Å². The number of aromatic amines is 1. The molecule has 1 aromatic rings. The topological polar surface area (TPSA) is 79.9 Å². The van der Waals surface area contributed by atoms with Gasteiger partial charge in [0.1, 0.15) is 5.82 Å². The molecule has 2 rings (SSSR count). The molecule has 1 aliphatic rings. The maximum Gasteiger partial charge on any atom is 0.290 e. The van der Waals surface area contributed by atoms with Crippen molar-refractivity contribution in [1.29, 1.82) is 0 Å². The number of aryl methyl sites for hydroxylation is 1. The minimum absolute atomic E-state index is 0.203. The van der Waals surface area contributed by atoms with Crippen molar-refractivity contribution in [2.24, 2.45) is 5.92 Å². The van der Waals surface area contributed by atoms with Gasteiger partial charge in [-0.2, -0.15) is 0 Å². The molecule has 1 unspecified atom stereocenters. The fourth-order valence-corrected chi connectivity index (χ4v) is 1.73. The highest BCUT2D eigenvalue weighted by atomic mass is 16.5. The lowest BCUT2D eigenvalue weighted by atomic mass is 10.0. The van der Waals surface area contributed by atoms with Crippen LogP contribution in [0.15, 0.2) is 0 Å². The molecular weight excluding hydrogens is 208 g/mol. The number of hydrogen-bond donors (Lipinski definition) is 2. The van der Waals surface area contributed by atoms with E-state index in [1.807, 2.05) is 0 Å². The van der Waals surface area contributed by atoms with Crippen LogP contribution in [0.5, 0.6) is 0 Å². The Balaban J connectivity index is 1.79. The van der Waals surface area contributed by atoms with Gasteiger partial charge in [-0.3, -0.25) is 9.89 Å². The van der Waals surface area contributed by atoms with Gasteiger partial charge in [-0.1, -0.05) is 0 Å². The van der Waals surface area contributed by atoms with E-state index in [1.54, 1.807) is 6.92 Å². The standard InChI is InChI=1S/C10H16N4O2/c1-7-12-9(14-13-7)10(15)11-5-8-3-2-4-16-6-8/h8H,2-6H2,1H3,(H,11,15)(H,12,13,14). The van der Waals surface area contributed by atoms with Gasteiger partial charge in [-0.15, -0.1) is 5.10 Å². The second kappa shape index (κ2) is 5.07. The summed E-state index contributed by atoms with van der Waals surface area (Å²) in [5.74, 6) is 1.04. The molecule has 1 aromatic heterocycles. The Labute approximate surface area is 93.8 Å². The zero-order valence-electron chi connectivity index (χ0n) is 9.32. The summed E-state index contributed by atoms with van der Waals surface area (Å²) in [6, 6.07) is 0. The fraction of sp³-hybridized carbons (Fsp3) is 0.700. The van der Waals surface area contributed by atoms with Crippen LogP contribution in [0.4, 0.5) is 0 Å². The Kier molecular flexibility index (Phi) is 3.51. The van der Waals surface area contributed by atoms with Crippen molar-refractivity contribution >= 4 is 5.91 Å². The summed E-state index contributed by atoms with van der Waals surface area (Å²) in [7, 11) is 0. The molecule has 0 aliphatic carbocycles. The Morgan fingerprint density at radius 3 is 3.19 bits per heavy atom. The van der Waals surface area contributed by atoms with E-state index in [9.17, 15) is 4.79 Å². The summed E-state index contributed by atoms with van der Waals surface area (Å²) in [6.07, 6.45) is 2.17. The third-order valence-corrected chi connectivity index (χ3v) is 2.61. The summed E-state index contributed by atoms with van der Waals surface area (Å²) in [5.41, 5.74) is 0. The molecule has 6 heteroatoms. The largest absolute Gasteiger partial charge is 0.381 e. The molecule has 0 aromatic carbocycles. The van der Waals surface area contributed by atoms with Crippen LogP contribution in [0.1, 0.15) is 29.3 Å². The van der Waals surface area contributed by atoms with Crippen LogP contribution in [-0.4, -0.2) is 40.8 Å². The Hall–Kier alpha value is -1.43. The number of aromatic nitrogens is 3. The SMILES string of the molecule is Cc1nc(C(=O)NCC2CCCOC2)n[nH]1. The van der Waals surface area contributed by atoms with Crippen LogP contribution in [0.2, 0.25) is 0 Å². The Morgan fingerprint density at radius 2 is 2.56 bits per heavy atom. The van der Waals surface area contributed by atoms with Crippen molar-refractivity contribution in [3.05, 3.63) is 11.6 Å². The molecule has 2 N–H and O–H groups in total. The average Bonchev–Trinajstić information content (AvgIpc) is 2.74. The quantitative estimate of drug-likeness (QED) is 0.772. The summed E-state index contributed by atoms with van der Waals surface area (Å²) in [5, 5.41) is 9.26. The summed E-state index contributed by atoms with van der Waals surface area (Å²) >= 11 is 0. The third kappa shape index (κ3) is 2.79. The van der Waals surface area contributed by atoms with Crippen molar-refractivity contribution in [3.8, 4) is 0 Å². The number of ether oxygens (including phenoxy) is 1. The highest BCUT2D eigenvalue weighted by Crippen LogP contribution is 2.12. The number of H-pyrrole nitrogens is 1. The van der Waals surface area contributed by atoms with Crippen molar-refractivity contribution in [1.82, 2.24) is 20.5 Å². The van der Waals surface area contributed by atoms with Gasteiger partial charge in [0.25, 0.3) is 5.91 Å². The van der Waals surface area contributed by atoms with Crippen molar-refractivity contribution in [2.45, 2.75) is 19.8 Å². The van der Waals surface area contributed by atoms with Crippen LogP contribution in [0, 0.1) is 12.8 Å². The molecule has 1 fully saturated rings. The zero-order chi connectivity index (χ0) is 11.4. The predicted molar refractivity (Wildman–Crippen MR) is 57.0 cm³/mol. The predicted octanol–water partition coefficient (Wildman–Crippen LogP) is 0.270. The minimum atomic E-state index is -0.227. The lowest BCUT2D eigenvalue weighted by Crippen LogP contribution is -2.33. The maximum absolute atomic E-state index is 11.6. The lowest BCUT2D eigenvalue weighted by molar-refractivity contribution is 0.0535. The van der Waals surface area contributed by atoms with Crippen LogP contribution >= 0.6 is 0 Å². The van der Waals surface area contributed by atoms with Crippen molar-refractivity contribution in [3.63, 3.8) is 0 Å². The van der Waals surface area contributed by atoms with Gasteiger partial charge in [0.05, 0.1) is 6.61 Å². The minimum Gasteiger partial charge on any atom is -0.381 e. The van der Waals surface area contributed by atoms with Crippen LogP contribution < -0.4 is 5.32 Å². The van der Waals surface area contributed by atoms with E-state index in [0.717, 1.165) is 26.1 Å². The monoisotopic (exact) mass is 224 g/mol. The molecule has 1 amide bonds. The van der Waals surface area contributed by atoms with Crippen molar-refractivity contribution in [2.75, 3.05) is 19.8 Å². The second-order valence-corrected chi connectivity index (χ2v) is 4.04. The molecule has 2 heterocycles. The van der Waals surface area contributed by atoms with Gasteiger partial charge >= 0.3 is 0 Å². The summed E-state index contributed by atoms with van der Waals surface area (Å²) in [6.45, 7) is 3.96. The first-order valence-electron chi connectivity index (χ1n) is 5.50. The van der Waals surface area contributed by atoms with E-state index >= 15 is 0 Å². The number of hydrogen-bond acceptors (Lipinski definition) is 4. The lowest BCUT2D eigenvalue weighted by Gasteiger charge is -2.21. The molecule has 88 valence electrons. The number of nitrogens with one attached hydrogen (secondary N) is 2. The van der Waals surface area contributed by atoms with E-state index in [4.69, 9.17) is 4.74 Å². The summed E-state index contributed by atoms with van der Waals surface area (Å²) in [4.78, 5) is 15.6. The molecule has 1 saturated heterocycles. The number of carbonyl (C=O) groups excluding carboxylic acids is 1. The molecule has 1 aliphatic heterocycles. The van der Waals surface area contributed by atoms with E-state index in [0.29, 0.717) is 18.3 Å². The Bertz CT molecular complexity index is 357. The average molecular weight is 224 g/mol. The number of nitrogens with zero attached hydrogens (tertiary/aromatic N) is 2. The molecule has 1 atom stereocenters. The van der Waals surface area contributed by atoms with Gasteiger partial charge < -0.3 is 10.1 Å². The maximum atomic E-state index is 11.6. The van der Waals surface area contributed by atoms with E-state index in [-0.39, 0.29) is 11.7 Å². The van der Waals surface area contributed by atoms with Crippen LogP contribution in [-0.2, 0) is 4.74 Å². The second-order valence-electron chi connectivity index (χ2n) is 4.04. The summed E-state index contributed by atoms with van der Waals surface area (Å²) < 4.78 is 5.34. The van der Waals surface area contributed by atoms with Crippen LogP contribution in [0.25, 0.3) is 0 Å². The molecule has 0 spiro atoms. The highest BCUT2D eigenvalue weighted by molar-refractivity contribution is 5.90. The van der Waals surface area contributed by atoms with E-state index in [2.05, 4.69) is 20.5 Å². The highest BCUT2D eigenvalue weighted by Gasteiger charge is 2.16. The molecule has 0 bridgehead atoms. The van der Waals surface area contributed by atoms with Gasteiger partial charge in [-0.25, -0.2) is 4.98 Å². The van der Waals surface area contributed by atoms with Gasteiger partial charge in [0.15, 0.2) is 0 Å². The van der Waals surface area contributed by atoms with Gasteiger partial charge in [-0.05, 0) is 25.7 Å². The van der Waals surface area contributed by atoms with Gasteiger partial charge in [0, 0.05) is 13.2 Å². The third-order valence-electron chi connectivity index (χ3n) is 2.61.